The van der Waals surface area contributed by atoms with Crippen molar-refractivity contribution in [2.24, 2.45) is 0 Å². The summed E-state index contributed by atoms with van der Waals surface area (Å²) in [6.07, 6.45) is 2.05. The monoisotopic (exact) mass is 274 g/mol. The highest BCUT2D eigenvalue weighted by molar-refractivity contribution is 7.09. The van der Waals surface area contributed by atoms with Crippen LogP contribution in [0.5, 0.6) is 0 Å². The maximum Gasteiger partial charge on any atom is 0.202 e. The Morgan fingerprint density at radius 1 is 1.32 bits per heavy atom. The third-order valence-corrected chi connectivity index (χ3v) is 4.00. The predicted octanol–water partition coefficient (Wildman–Crippen LogP) is 2.71. The van der Waals surface area contributed by atoms with Crippen LogP contribution in [0.2, 0.25) is 0 Å². The van der Waals surface area contributed by atoms with Gasteiger partial charge >= 0.3 is 0 Å². The molecule has 2 aromatic rings. The second-order valence-corrected chi connectivity index (χ2v) is 5.58. The van der Waals surface area contributed by atoms with Crippen LogP contribution in [0, 0.1) is 0 Å². The predicted molar refractivity (Wildman–Crippen MR) is 78.2 cm³/mol. The molecular weight excluding hydrogens is 256 g/mol. The van der Waals surface area contributed by atoms with Gasteiger partial charge in [-0.1, -0.05) is 25.1 Å². The van der Waals surface area contributed by atoms with E-state index in [0.29, 0.717) is 0 Å². The molecule has 1 aromatic carbocycles. The molecule has 1 aliphatic heterocycles. The van der Waals surface area contributed by atoms with E-state index in [1.54, 1.807) is 0 Å². The Hall–Kier alpha value is -1.46. The molecule has 0 saturated carbocycles. The quantitative estimate of drug-likeness (QED) is 0.880. The molecular formula is C14H18N4S. The Bertz CT molecular complexity index is 564. The highest BCUT2D eigenvalue weighted by Crippen LogP contribution is 2.18. The zero-order valence-corrected chi connectivity index (χ0v) is 11.9. The van der Waals surface area contributed by atoms with Crippen LogP contribution in [0.3, 0.4) is 0 Å². The van der Waals surface area contributed by atoms with Gasteiger partial charge in [0.05, 0.1) is 0 Å². The molecule has 0 amide bonds. The zero-order valence-electron chi connectivity index (χ0n) is 11.1. The summed E-state index contributed by atoms with van der Waals surface area (Å²) >= 11 is 1.45. The van der Waals surface area contributed by atoms with E-state index in [-0.39, 0.29) is 0 Å². The summed E-state index contributed by atoms with van der Waals surface area (Å²) in [5.41, 5.74) is 4.14. The number of anilines is 1. The normalized spacial score (nSPS) is 13.5. The van der Waals surface area contributed by atoms with Crippen molar-refractivity contribution in [3.63, 3.8) is 0 Å². The first kappa shape index (κ1) is 12.6. The average Bonchev–Trinajstić information content (AvgIpc) is 3.04. The molecule has 0 fully saturated rings. The van der Waals surface area contributed by atoms with Crippen molar-refractivity contribution in [3.05, 3.63) is 40.7 Å². The fourth-order valence-corrected chi connectivity index (χ4v) is 2.89. The minimum absolute atomic E-state index is 0.814. The van der Waals surface area contributed by atoms with Crippen molar-refractivity contribution in [3.8, 4) is 0 Å². The molecule has 0 radical (unpaired) electrons. The molecule has 1 aliphatic rings. The minimum Gasteiger partial charge on any atom is -0.356 e. The van der Waals surface area contributed by atoms with Gasteiger partial charge in [-0.3, -0.25) is 0 Å². The van der Waals surface area contributed by atoms with Crippen LogP contribution in [0.25, 0.3) is 0 Å². The lowest BCUT2D eigenvalue weighted by atomic mass is 10.1. The second kappa shape index (κ2) is 5.67. The summed E-state index contributed by atoms with van der Waals surface area (Å²) in [7, 11) is 0. The largest absolute Gasteiger partial charge is 0.356 e. The Balaban J connectivity index is 1.62. The van der Waals surface area contributed by atoms with E-state index in [9.17, 15) is 0 Å². The zero-order chi connectivity index (χ0) is 13.1. The third kappa shape index (κ3) is 2.93. The van der Waals surface area contributed by atoms with Crippen LogP contribution < -0.4 is 10.6 Å². The number of hydrogen-bond acceptors (Lipinski definition) is 5. The summed E-state index contributed by atoms with van der Waals surface area (Å²) in [5, 5.41) is 7.64. The van der Waals surface area contributed by atoms with E-state index >= 15 is 0 Å². The van der Waals surface area contributed by atoms with E-state index in [1.807, 2.05) is 0 Å². The molecule has 0 bridgehead atoms. The molecule has 0 aliphatic carbocycles. The van der Waals surface area contributed by atoms with E-state index in [0.717, 1.165) is 43.4 Å². The number of benzene rings is 1. The van der Waals surface area contributed by atoms with Gasteiger partial charge in [0.25, 0.3) is 0 Å². The SMILES string of the molecule is CCCc1nsc(NCc2ccc3c(c2)CNC3)n1. The van der Waals surface area contributed by atoms with Crippen LogP contribution in [0.15, 0.2) is 18.2 Å². The van der Waals surface area contributed by atoms with Crippen molar-refractivity contribution in [1.82, 2.24) is 14.7 Å². The third-order valence-electron chi connectivity index (χ3n) is 3.29. The smallest absolute Gasteiger partial charge is 0.202 e. The highest BCUT2D eigenvalue weighted by atomic mass is 32.1. The van der Waals surface area contributed by atoms with Gasteiger partial charge in [0, 0.05) is 37.6 Å². The number of nitrogens with one attached hydrogen (secondary N) is 2. The molecule has 3 rings (SSSR count). The van der Waals surface area contributed by atoms with Gasteiger partial charge in [-0.2, -0.15) is 4.37 Å². The maximum atomic E-state index is 4.47. The van der Waals surface area contributed by atoms with E-state index in [1.165, 1.54) is 28.2 Å². The van der Waals surface area contributed by atoms with E-state index in [4.69, 9.17) is 0 Å². The van der Waals surface area contributed by atoms with Crippen molar-refractivity contribution in [2.45, 2.75) is 39.4 Å². The van der Waals surface area contributed by atoms with Gasteiger partial charge in [-0.15, -0.1) is 0 Å². The number of nitrogens with zero attached hydrogens (tertiary/aromatic N) is 2. The van der Waals surface area contributed by atoms with Crippen molar-refractivity contribution < 1.29 is 0 Å². The molecule has 1 aromatic heterocycles. The van der Waals surface area contributed by atoms with Gasteiger partial charge in [0.1, 0.15) is 5.82 Å². The van der Waals surface area contributed by atoms with E-state index < -0.39 is 0 Å². The van der Waals surface area contributed by atoms with Gasteiger partial charge < -0.3 is 10.6 Å². The van der Waals surface area contributed by atoms with Crippen molar-refractivity contribution in [2.75, 3.05) is 5.32 Å². The van der Waals surface area contributed by atoms with Crippen LogP contribution in [-0.4, -0.2) is 9.36 Å². The van der Waals surface area contributed by atoms with Crippen LogP contribution >= 0.6 is 11.5 Å². The van der Waals surface area contributed by atoms with Crippen LogP contribution in [0.1, 0.15) is 35.9 Å². The lowest BCUT2D eigenvalue weighted by Crippen LogP contribution is -2.01. The Morgan fingerprint density at radius 3 is 3.11 bits per heavy atom. The highest BCUT2D eigenvalue weighted by Gasteiger charge is 2.10. The molecule has 0 unspecified atom stereocenters. The first-order valence-electron chi connectivity index (χ1n) is 6.73. The molecule has 19 heavy (non-hydrogen) atoms. The number of rotatable bonds is 5. The summed E-state index contributed by atoms with van der Waals surface area (Å²) in [5.74, 6) is 0.952. The first-order valence-corrected chi connectivity index (χ1v) is 7.50. The van der Waals surface area contributed by atoms with Crippen molar-refractivity contribution in [1.29, 1.82) is 0 Å². The Labute approximate surface area is 117 Å². The fraction of sp³-hybridized carbons (Fsp3) is 0.429. The summed E-state index contributed by atoms with van der Waals surface area (Å²) in [6, 6.07) is 6.68. The minimum atomic E-state index is 0.814. The number of aryl methyl sites for hydroxylation is 1. The fourth-order valence-electron chi connectivity index (χ4n) is 2.29. The Morgan fingerprint density at radius 2 is 2.21 bits per heavy atom. The number of hydrogen-bond donors (Lipinski definition) is 2. The molecule has 100 valence electrons. The van der Waals surface area contributed by atoms with Gasteiger partial charge in [0.2, 0.25) is 5.13 Å². The standard InChI is InChI=1S/C14H18N4S/c1-2-3-13-17-14(19-18-13)16-7-10-4-5-11-8-15-9-12(11)6-10/h4-6,15H,2-3,7-9H2,1H3,(H,16,17,18). The maximum absolute atomic E-state index is 4.47. The average molecular weight is 274 g/mol. The summed E-state index contributed by atoms with van der Waals surface area (Å²) in [6.45, 7) is 4.95. The molecule has 5 heteroatoms. The summed E-state index contributed by atoms with van der Waals surface area (Å²) in [4.78, 5) is 4.47. The molecule has 2 heterocycles. The van der Waals surface area contributed by atoms with Gasteiger partial charge in [0.15, 0.2) is 0 Å². The topological polar surface area (TPSA) is 49.8 Å². The molecule has 0 atom stereocenters. The Kier molecular flexibility index (Phi) is 3.75. The van der Waals surface area contributed by atoms with Crippen LogP contribution in [0.4, 0.5) is 5.13 Å². The lowest BCUT2D eigenvalue weighted by molar-refractivity contribution is 0.764. The molecule has 0 saturated heterocycles. The van der Waals surface area contributed by atoms with Crippen LogP contribution in [-0.2, 0) is 26.1 Å². The van der Waals surface area contributed by atoms with Crippen molar-refractivity contribution >= 4 is 16.7 Å². The summed E-state index contributed by atoms with van der Waals surface area (Å²) < 4.78 is 4.33. The van der Waals surface area contributed by atoms with Gasteiger partial charge in [-0.05, 0) is 23.1 Å². The number of aromatic nitrogens is 2. The van der Waals surface area contributed by atoms with E-state index in [2.05, 4.69) is 45.1 Å². The lowest BCUT2D eigenvalue weighted by Gasteiger charge is -2.05. The molecule has 2 N–H and O–H groups in total. The number of fused-ring (bicyclic) bond motifs is 1. The van der Waals surface area contributed by atoms with Gasteiger partial charge in [-0.25, -0.2) is 4.98 Å². The second-order valence-electron chi connectivity index (χ2n) is 4.83. The molecule has 4 nitrogen and oxygen atoms in total. The molecule has 0 spiro atoms. The first-order chi connectivity index (χ1) is 9.35.